The Morgan fingerprint density at radius 3 is 2.24 bits per heavy atom. The van der Waals surface area contributed by atoms with Crippen LogP contribution in [0.25, 0.3) is 0 Å². The highest BCUT2D eigenvalue weighted by Gasteiger charge is 2.32. The molecule has 2 aliphatic heterocycles. The standard InChI is InChI=1S/C18H27FN2/c1-14(2)20-10-7-15(8-11-20)13-21-12-9-18(21)16-3-5-17(19)6-4-16/h3-6,14-15,18H,7-13H2,1-2H3/t18-/m0/s1. The molecule has 0 saturated carbocycles. The van der Waals surface area contributed by atoms with E-state index in [4.69, 9.17) is 0 Å². The van der Waals surface area contributed by atoms with E-state index in [1.807, 2.05) is 12.1 Å². The van der Waals surface area contributed by atoms with Crippen LogP contribution in [0.1, 0.15) is 44.7 Å². The van der Waals surface area contributed by atoms with E-state index in [-0.39, 0.29) is 5.82 Å². The van der Waals surface area contributed by atoms with Crippen LogP contribution in [0, 0.1) is 11.7 Å². The van der Waals surface area contributed by atoms with E-state index < -0.39 is 0 Å². The summed E-state index contributed by atoms with van der Waals surface area (Å²) in [6.45, 7) is 9.50. The summed E-state index contributed by atoms with van der Waals surface area (Å²) in [5.41, 5.74) is 1.28. The van der Waals surface area contributed by atoms with Crippen LogP contribution in [0.15, 0.2) is 24.3 Å². The average Bonchev–Trinajstić information content (AvgIpc) is 2.46. The zero-order valence-electron chi connectivity index (χ0n) is 13.3. The summed E-state index contributed by atoms with van der Waals surface area (Å²) in [6.07, 6.45) is 3.87. The first kappa shape index (κ1) is 15.0. The lowest BCUT2D eigenvalue weighted by atomic mass is 9.89. The number of halogens is 1. The van der Waals surface area contributed by atoms with Crippen molar-refractivity contribution >= 4 is 0 Å². The fourth-order valence-corrected chi connectivity index (χ4v) is 3.71. The Hall–Kier alpha value is -0.930. The van der Waals surface area contributed by atoms with Crippen molar-refractivity contribution < 1.29 is 4.39 Å². The van der Waals surface area contributed by atoms with E-state index in [1.165, 1.54) is 51.0 Å². The van der Waals surface area contributed by atoms with E-state index in [2.05, 4.69) is 23.6 Å². The Labute approximate surface area is 127 Å². The first-order chi connectivity index (χ1) is 10.1. The van der Waals surface area contributed by atoms with Crippen molar-refractivity contribution in [2.24, 2.45) is 5.92 Å². The van der Waals surface area contributed by atoms with E-state index in [9.17, 15) is 4.39 Å². The minimum atomic E-state index is -0.134. The van der Waals surface area contributed by atoms with Gasteiger partial charge < -0.3 is 4.90 Å². The maximum atomic E-state index is 13.0. The maximum absolute atomic E-state index is 13.0. The van der Waals surface area contributed by atoms with Crippen molar-refractivity contribution in [1.29, 1.82) is 0 Å². The number of likely N-dealkylation sites (tertiary alicyclic amines) is 2. The highest BCUT2D eigenvalue weighted by molar-refractivity contribution is 5.22. The molecule has 116 valence electrons. The Bertz CT molecular complexity index is 449. The third-order valence-corrected chi connectivity index (χ3v) is 5.26. The van der Waals surface area contributed by atoms with Crippen molar-refractivity contribution in [2.75, 3.05) is 26.2 Å². The van der Waals surface area contributed by atoms with Gasteiger partial charge in [-0.25, -0.2) is 4.39 Å². The molecule has 3 rings (SSSR count). The van der Waals surface area contributed by atoms with Gasteiger partial charge in [-0.3, -0.25) is 4.90 Å². The molecule has 0 bridgehead atoms. The summed E-state index contributed by atoms with van der Waals surface area (Å²) >= 11 is 0. The van der Waals surface area contributed by atoms with E-state index >= 15 is 0 Å². The van der Waals surface area contributed by atoms with Gasteiger partial charge in [-0.1, -0.05) is 12.1 Å². The predicted molar refractivity (Wildman–Crippen MR) is 84.8 cm³/mol. The Balaban J connectivity index is 1.51. The third kappa shape index (κ3) is 3.46. The molecule has 1 atom stereocenters. The number of nitrogens with zero attached hydrogens (tertiary/aromatic N) is 2. The quantitative estimate of drug-likeness (QED) is 0.834. The monoisotopic (exact) mass is 290 g/mol. The second-order valence-electron chi connectivity index (χ2n) is 6.92. The minimum Gasteiger partial charge on any atom is -0.301 e. The average molecular weight is 290 g/mol. The molecule has 2 aliphatic rings. The molecule has 21 heavy (non-hydrogen) atoms. The van der Waals surface area contributed by atoms with Gasteiger partial charge in [0.15, 0.2) is 0 Å². The topological polar surface area (TPSA) is 6.48 Å². The highest BCUT2D eigenvalue weighted by atomic mass is 19.1. The molecule has 0 aromatic heterocycles. The van der Waals surface area contributed by atoms with Crippen LogP contribution in [0.4, 0.5) is 4.39 Å². The van der Waals surface area contributed by atoms with Crippen LogP contribution in [0.3, 0.4) is 0 Å². The van der Waals surface area contributed by atoms with Crippen molar-refractivity contribution in [3.05, 3.63) is 35.6 Å². The van der Waals surface area contributed by atoms with Gasteiger partial charge in [0.05, 0.1) is 0 Å². The zero-order chi connectivity index (χ0) is 14.8. The van der Waals surface area contributed by atoms with Crippen molar-refractivity contribution in [1.82, 2.24) is 9.80 Å². The summed E-state index contributed by atoms with van der Waals surface area (Å²) in [5.74, 6) is 0.703. The predicted octanol–water partition coefficient (Wildman–Crippen LogP) is 3.69. The molecule has 1 aromatic carbocycles. The molecule has 1 aromatic rings. The Morgan fingerprint density at radius 2 is 1.71 bits per heavy atom. The van der Waals surface area contributed by atoms with Gasteiger partial charge in [-0.15, -0.1) is 0 Å². The molecule has 0 N–H and O–H groups in total. The van der Waals surface area contributed by atoms with Crippen molar-refractivity contribution in [3.63, 3.8) is 0 Å². The summed E-state index contributed by atoms with van der Waals surface area (Å²) in [4.78, 5) is 5.17. The fourth-order valence-electron chi connectivity index (χ4n) is 3.71. The van der Waals surface area contributed by atoms with Gasteiger partial charge in [0, 0.05) is 25.2 Å². The number of benzene rings is 1. The summed E-state index contributed by atoms with van der Waals surface area (Å²) in [7, 11) is 0. The smallest absolute Gasteiger partial charge is 0.123 e. The molecular formula is C18H27FN2. The zero-order valence-corrected chi connectivity index (χ0v) is 13.3. The second kappa shape index (κ2) is 6.45. The molecule has 2 heterocycles. The molecule has 2 fully saturated rings. The van der Waals surface area contributed by atoms with E-state index in [0.29, 0.717) is 12.1 Å². The van der Waals surface area contributed by atoms with Crippen molar-refractivity contribution in [2.45, 2.75) is 45.2 Å². The normalized spacial score (nSPS) is 25.2. The molecular weight excluding hydrogens is 263 g/mol. The number of hydrogen-bond acceptors (Lipinski definition) is 2. The fraction of sp³-hybridized carbons (Fsp3) is 0.667. The third-order valence-electron chi connectivity index (χ3n) is 5.26. The van der Waals surface area contributed by atoms with Gasteiger partial charge >= 0.3 is 0 Å². The van der Waals surface area contributed by atoms with Gasteiger partial charge in [-0.05, 0) is 69.8 Å². The lowest BCUT2D eigenvalue weighted by molar-refractivity contribution is 0.0478. The number of piperidine rings is 1. The molecule has 0 spiro atoms. The Morgan fingerprint density at radius 1 is 1.05 bits per heavy atom. The van der Waals surface area contributed by atoms with Crippen LogP contribution in [0.2, 0.25) is 0 Å². The van der Waals surface area contributed by atoms with Gasteiger partial charge in [0.1, 0.15) is 5.82 Å². The lowest BCUT2D eigenvalue weighted by Gasteiger charge is -2.45. The first-order valence-corrected chi connectivity index (χ1v) is 8.37. The molecule has 0 radical (unpaired) electrons. The minimum absolute atomic E-state index is 0.134. The van der Waals surface area contributed by atoms with Crippen LogP contribution in [0.5, 0.6) is 0 Å². The van der Waals surface area contributed by atoms with E-state index in [0.717, 1.165) is 5.92 Å². The molecule has 2 nitrogen and oxygen atoms in total. The highest BCUT2D eigenvalue weighted by Crippen LogP contribution is 2.35. The second-order valence-corrected chi connectivity index (χ2v) is 6.92. The molecule has 0 unspecified atom stereocenters. The number of rotatable bonds is 4. The lowest BCUT2D eigenvalue weighted by Crippen LogP contribution is -2.46. The summed E-state index contributed by atoms with van der Waals surface area (Å²) in [6, 6.07) is 8.29. The molecule has 0 aliphatic carbocycles. The van der Waals surface area contributed by atoms with Gasteiger partial charge in [0.2, 0.25) is 0 Å². The molecule has 2 saturated heterocycles. The van der Waals surface area contributed by atoms with Crippen LogP contribution in [-0.2, 0) is 0 Å². The van der Waals surface area contributed by atoms with Gasteiger partial charge in [0.25, 0.3) is 0 Å². The van der Waals surface area contributed by atoms with Crippen LogP contribution in [-0.4, -0.2) is 42.0 Å². The first-order valence-electron chi connectivity index (χ1n) is 8.37. The van der Waals surface area contributed by atoms with E-state index in [1.54, 1.807) is 12.1 Å². The van der Waals surface area contributed by atoms with Crippen LogP contribution >= 0.6 is 0 Å². The Kier molecular flexibility index (Phi) is 4.60. The number of hydrogen-bond donors (Lipinski definition) is 0. The molecule has 3 heteroatoms. The van der Waals surface area contributed by atoms with Crippen LogP contribution < -0.4 is 0 Å². The van der Waals surface area contributed by atoms with Gasteiger partial charge in [-0.2, -0.15) is 0 Å². The SMILES string of the molecule is CC(C)N1CCC(CN2CC[C@H]2c2ccc(F)cc2)CC1. The summed E-state index contributed by atoms with van der Waals surface area (Å²) in [5, 5.41) is 0. The van der Waals surface area contributed by atoms with Crippen molar-refractivity contribution in [3.8, 4) is 0 Å². The maximum Gasteiger partial charge on any atom is 0.123 e. The molecule has 0 amide bonds. The largest absolute Gasteiger partial charge is 0.301 e. The summed E-state index contributed by atoms with van der Waals surface area (Å²) < 4.78 is 13.0.